The van der Waals surface area contributed by atoms with Crippen LogP contribution in [0.5, 0.6) is 0 Å². The van der Waals surface area contributed by atoms with Crippen molar-refractivity contribution in [1.29, 1.82) is 0 Å². The van der Waals surface area contributed by atoms with Gasteiger partial charge in [0.2, 0.25) is 0 Å². The van der Waals surface area contributed by atoms with Gasteiger partial charge in [0.1, 0.15) is 5.60 Å². The van der Waals surface area contributed by atoms with E-state index in [9.17, 15) is 4.79 Å². The normalized spacial score (nSPS) is 16.9. The minimum atomic E-state index is -0.464. The van der Waals surface area contributed by atoms with Gasteiger partial charge >= 0.3 is 6.09 Å². The molecule has 1 rings (SSSR count). The van der Waals surface area contributed by atoms with Crippen molar-refractivity contribution < 1.29 is 14.3 Å². The van der Waals surface area contributed by atoms with Gasteiger partial charge in [-0.3, -0.25) is 4.99 Å². The number of guanidine groups is 1. The van der Waals surface area contributed by atoms with Crippen LogP contribution in [0.15, 0.2) is 4.99 Å². The van der Waals surface area contributed by atoms with Crippen molar-refractivity contribution in [3.05, 3.63) is 0 Å². The number of hydrogen-bond donors (Lipinski definition) is 3. The summed E-state index contributed by atoms with van der Waals surface area (Å²) < 4.78 is 10.4. The summed E-state index contributed by atoms with van der Waals surface area (Å²) >= 11 is 0. The third kappa shape index (κ3) is 11.7. The van der Waals surface area contributed by atoms with Gasteiger partial charge in [-0.2, -0.15) is 0 Å². The average molecular weight is 386 g/mol. The van der Waals surface area contributed by atoms with Crippen molar-refractivity contribution in [1.82, 2.24) is 20.9 Å². The Kier molecular flexibility index (Phi) is 11.1. The summed E-state index contributed by atoms with van der Waals surface area (Å²) in [4.78, 5) is 18.3. The third-order valence-corrected chi connectivity index (χ3v) is 4.41. The van der Waals surface area contributed by atoms with E-state index in [4.69, 9.17) is 9.47 Å². The number of hydrogen-bond acceptors (Lipinski definition) is 5. The zero-order valence-corrected chi connectivity index (χ0v) is 17.8. The number of nitrogens with one attached hydrogen (secondary N) is 3. The van der Waals surface area contributed by atoms with E-state index in [0.717, 1.165) is 51.7 Å². The second kappa shape index (κ2) is 12.8. The lowest BCUT2D eigenvalue weighted by Crippen LogP contribution is -2.44. The largest absolute Gasteiger partial charge is 0.444 e. The molecule has 3 N–H and O–H groups in total. The van der Waals surface area contributed by atoms with Crippen molar-refractivity contribution in [2.75, 3.05) is 60.0 Å². The lowest BCUT2D eigenvalue weighted by Gasteiger charge is -2.32. The van der Waals surface area contributed by atoms with E-state index in [0.29, 0.717) is 12.5 Å². The number of carbonyl (C=O) groups excluding carboxylic acids is 1. The fraction of sp³-hybridized carbons (Fsp3) is 0.895. The molecular weight excluding hydrogens is 346 g/mol. The molecule has 27 heavy (non-hydrogen) atoms. The molecular formula is C19H39N5O3. The monoisotopic (exact) mass is 385 g/mol. The SMILES string of the molecule is CN=C(NCCCNC(=O)OC(C)(C)C)NCC1CCN(CCOC)CC1. The van der Waals surface area contributed by atoms with E-state index < -0.39 is 5.60 Å². The number of carbonyl (C=O) groups is 1. The van der Waals surface area contributed by atoms with Crippen LogP contribution < -0.4 is 16.0 Å². The first-order valence-corrected chi connectivity index (χ1v) is 9.96. The highest BCUT2D eigenvalue weighted by Crippen LogP contribution is 2.15. The number of amides is 1. The standard InChI is InChI=1S/C19H39N5O3/c1-19(2,3)27-18(25)22-10-6-9-21-17(20-4)23-15-16-7-11-24(12-8-16)13-14-26-5/h16H,6-15H2,1-5H3,(H,22,25)(H2,20,21,23). The topological polar surface area (TPSA) is 87.2 Å². The molecule has 0 radical (unpaired) electrons. The summed E-state index contributed by atoms with van der Waals surface area (Å²) in [6, 6.07) is 0. The van der Waals surface area contributed by atoms with Crippen LogP contribution in [0.1, 0.15) is 40.0 Å². The summed E-state index contributed by atoms with van der Waals surface area (Å²) in [6.07, 6.45) is 2.83. The molecule has 8 heteroatoms. The highest BCUT2D eigenvalue weighted by molar-refractivity contribution is 5.79. The van der Waals surface area contributed by atoms with Gasteiger partial charge in [0.15, 0.2) is 5.96 Å². The number of ether oxygens (including phenoxy) is 2. The summed E-state index contributed by atoms with van der Waals surface area (Å²) in [7, 11) is 3.53. The predicted octanol–water partition coefficient (Wildman–Crippen LogP) is 1.42. The molecule has 1 saturated heterocycles. The van der Waals surface area contributed by atoms with Crippen molar-refractivity contribution in [2.24, 2.45) is 10.9 Å². The van der Waals surface area contributed by atoms with Gasteiger partial charge in [-0.15, -0.1) is 0 Å². The second-order valence-corrected chi connectivity index (χ2v) is 7.94. The van der Waals surface area contributed by atoms with E-state index in [-0.39, 0.29) is 6.09 Å². The minimum Gasteiger partial charge on any atom is -0.444 e. The van der Waals surface area contributed by atoms with E-state index in [1.165, 1.54) is 12.8 Å². The number of piperidine rings is 1. The Morgan fingerprint density at radius 1 is 1.15 bits per heavy atom. The third-order valence-electron chi connectivity index (χ3n) is 4.41. The molecule has 0 unspecified atom stereocenters. The molecule has 0 bridgehead atoms. The van der Waals surface area contributed by atoms with Crippen LogP contribution in [0.25, 0.3) is 0 Å². The van der Waals surface area contributed by atoms with Crippen molar-refractivity contribution in [3.8, 4) is 0 Å². The maximum atomic E-state index is 11.6. The Hall–Kier alpha value is -1.54. The first kappa shape index (κ1) is 23.5. The molecule has 0 atom stereocenters. The van der Waals surface area contributed by atoms with E-state index in [1.54, 1.807) is 14.2 Å². The zero-order chi connectivity index (χ0) is 20.1. The Labute approximate surface area is 164 Å². The van der Waals surface area contributed by atoms with Crippen LogP contribution in [0, 0.1) is 5.92 Å². The molecule has 1 aliphatic rings. The first-order valence-electron chi connectivity index (χ1n) is 9.96. The number of nitrogens with zero attached hydrogens (tertiary/aromatic N) is 2. The summed E-state index contributed by atoms with van der Waals surface area (Å²) in [6.45, 7) is 11.9. The lowest BCUT2D eigenvalue weighted by molar-refractivity contribution is 0.0527. The van der Waals surface area contributed by atoms with Crippen molar-refractivity contribution in [2.45, 2.75) is 45.6 Å². The number of methoxy groups -OCH3 is 1. The van der Waals surface area contributed by atoms with Crippen LogP contribution in [0.3, 0.4) is 0 Å². The summed E-state index contributed by atoms with van der Waals surface area (Å²) in [5.41, 5.74) is -0.464. The Bertz CT molecular complexity index is 443. The fourth-order valence-corrected chi connectivity index (χ4v) is 2.90. The van der Waals surface area contributed by atoms with Crippen LogP contribution in [-0.4, -0.2) is 82.6 Å². The molecule has 0 aromatic carbocycles. The molecule has 0 saturated carbocycles. The molecule has 1 fully saturated rings. The number of likely N-dealkylation sites (tertiary alicyclic amines) is 1. The molecule has 0 aromatic heterocycles. The van der Waals surface area contributed by atoms with Crippen molar-refractivity contribution >= 4 is 12.1 Å². The second-order valence-electron chi connectivity index (χ2n) is 7.94. The van der Waals surface area contributed by atoms with Gasteiger partial charge in [-0.05, 0) is 59.0 Å². The minimum absolute atomic E-state index is 0.373. The van der Waals surface area contributed by atoms with Crippen LogP contribution in [0.2, 0.25) is 0 Å². The van der Waals surface area contributed by atoms with Gasteiger partial charge in [-0.1, -0.05) is 0 Å². The van der Waals surface area contributed by atoms with Gasteiger partial charge in [0.05, 0.1) is 6.61 Å². The number of rotatable bonds is 9. The Morgan fingerprint density at radius 2 is 1.81 bits per heavy atom. The maximum absolute atomic E-state index is 11.6. The van der Waals surface area contributed by atoms with Gasteiger partial charge in [0, 0.05) is 40.3 Å². The molecule has 1 amide bonds. The Balaban J connectivity index is 2.09. The zero-order valence-electron chi connectivity index (χ0n) is 17.8. The molecule has 1 heterocycles. The highest BCUT2D eigenvalue weighted by atomic mass is 16.6. The van der Waals surface area contributed by atoms with Gasteiger partial charge in [0.25, 0.3) is 0 Å². The van der Waals surface area contributed by atoms with Gasteiger partial charge < -0.3 is 30.3 Å². The quantitative estimate of drug-likeness (QED) is 0.316. The van der Waals surface area contributed by atoms with Crippen LogP contribution in [-0.2, 0) is 9.47 Å². The first-order chi connectivity index (χ1) is 12.8. The molecule has 0 spiro atoms. The molecule has 8 nitrogen and oxygen atoms in total. The molecule has 1 aliphatic heterocycles. The lowest BCUT2D eigenvalue weighted by atomic mass is 9.97. The average Bonchev–Trinajstić information content (AvgIpc) is 2.61. The Morgan fingerprint density at radius 3 is 2.41 bits per heavy atom. The molecule has 0 aromatic rings. The summed E-state index contributed by atoms with van der Waals surface area (Å²) in [5, 5.41) is 9.46. The molecule has 158 valence electrons. The number of alkyl carbamates (subject to hydrolysis) is 1. The predicted molar refractivity (Wildman–Crippen MR) is 109 cm³/mol. The van der Waals surface area contributed by atoms with E-state index >= 15 is 0 Å². The maximum Gasteiger partial charge on any atom is 0.407 e. The highest BCUT2D eigenvalue weighted by Gasteiger charge is 2.19. The van der Waals surface area contributed by atoms with Crippen LogP contribution in [0.4, 0.5) is 4.79 Å². The van der Waals surface area contributed by atoms with Crippen molar-refractivity contribution in [3.63, 3.8) is 0 Å². The smallest absolute Gasteiger partial charge is 0.407 e. The molecule has 0 aliphatic carbocycles. The van der Waals surface area contributed by atoms with Crippen LogP contribution >= 0.6 is 0 Å². The van der Waals surface area contributed by atoms with E-state index in [1.807, 2.05) is 20.8 Å². The van der Waals surface area contributed by atoms with Gasteiger partial charge in [-0.25, -0.2) is 4.79 Å². The van der Waals surface area contributed by atoms with E-state index in [2.05, 4.69) is 25.8 Å². The number of aliphatic imine (C=N–C) groups is 1. The summed E-state index contributed by atoms with van der Waals surface area (Å²) in [5.74, 6) is 1.49. The fourth-order valence-electron chi connectivity index (χ4n) is 2.90.